The fourth-order valence-corrected chi connectivity index (χ4v) is 1.03. The van der Waals surface area contributed by atoms with Crippen molar-refractivity contribution in [1.82, 2.24) is 4.90 Å². The van der Waals surface area contributed by atoms with Crippen LogP contribution in [-0.2, 0) is 0 Å². The van der Waals surface area contributed by atoms with Gasteiger partial charge in [-0.15, -0.1) is 0 Å². The van der Waals surface area contributed by atoms with Crippen LogP contribution in [0.15, 0.2) is 0 Å². The molecule has 1 heterocycles. The summed E-state index contributed by atoms with van der Waals surface area (Å²) in [5.41, 5.74) is 0. The molecule has 0 bridgehead atoms. The molecule has 52 valence electrons. The summed E-state index contributed by atoms with van der Waals surface area (Å²) in [7, 11) is 4.31. The van der Waals surface area contributed by atoms with E-state index in [0.717, 1.165) is 0 Å². The molecule has 0 fully saturated rings. The third kappa shape index (κ3) is 2.14. The Morgan fingerprint density at radius 3 is 3.00 bits per heavy atom. The summed E-state index contributed by atoms with van der Waals surface area (Å²) in [6, 6.07) is 0. The predicted octanol–water partition coefficient (Wildman–Crippen LogP) is 0.0350. The Morgan fingerprint density at radius 2 is 2.22 bits per heavy atom. The van der Waals surface area contributed by atoms with Gasteiger partial charge in [-0.2, -0.15) is 0 Å². The maximum atomic E-state index is 2.36. The summed E-state index contributed by atoms with van der Waals surface area (Å²) >= 11 is 0. The molecule has 0 N–H and O–H groups in total. The third-order valence-electron chi connectivity index (χ3n) is 1.79. The van der Waals surface area contributed by atoms with E-state index >= 15 is 0 Å². The van der Waals surface area contributed by atoms with E-state index in [1.54, 1.807) is 0 Å². The molecule has 0 radical (unpaired) electrons. The smallest absolute Gasteiger partial charge is 0.154 e. The lowest BCUT2D eigenvalue weighted by Crippen LogP contribution is -2.23. The molecule has 2 nitrogen and oxygen atoms in total. The van der Waals surface area contributed by atoms with Crippen LogP contribution >= 0.6 is 0 Å². The molecular formula is C7H15N2+. The molecule has 1 rings (SSSR count). The molecule has 0 spiro atoms. The number of likely N-dealkylation sites (N-methyl/N-ethyl adjacent to an activating group) is 2. The summed E-state index contributed by atoms with van der Waals surface area (Å²) in [6.07, 6.45) is 3.47. The fraction of sp³-hybridized carbons (Fsp3) is 0.857. The van der Waals surface area contributed by atoms with Gasteiger partial charge in [-0.25, -0.2) is 4.58 Å². The van der Waals surface area contributed by atoms with Crippen LogP contribution in [0, 0.1) is 0 Å². The quantitative estimate of drug-likeness (QED) is 0.416. The second-order valence-corrected chi connectivity index (χ2v) is 2.76. The number of rotatable bonds is 0. The number of nitrogens with zero attached hydrogens (tertiary/aromatic N) is 2. The van der Waals surface area contributed by atoms with Gasteiger partial charge < -0.3 is 0 Å². The second kappa shape index (κ2) is 2.97. The summed E-state index contributed by atoms with van der Waals surface area (Å²) in [5, 5.41) is 0. The lowest BCUT2D eigenvalue weighted by molar-refractivity contribution is -0.491. The number of hydrogen-bond donors (Lipinski definition) is 0. The van der Waals surface area contributed by atoms with Gasteiger partial charge in [-0.1, -0.05) is 0 Å². The maximum Gasteiger partial charge on any atom is 0.154 e. The van der Waals surface area contributed by atoms with Crippen molar-refractivity contribution in [3.8, 4) is 0 Å². The zero-order valence-corrected chi connectivity index (χ0v) is 6.30. The Labute approximate surface area is 56.8 Å². The van der Waals surface area contributed by atoms with Crippen LogP contribution in [0.5, 0.6) is 0 Å². The average molecular weight is 127 g/mol. The zero-order chi connectivity index (χ0) is 6.69. The van der Waals surface area contributed by atoms with Gasteiger partial charge in [0.05, 0.1) is 6.54 Å². The highest BCUT2D eigenvalue weighted by Gasteiger charge is 2.05. The van der Waals surface area contributed by atoms with Gasteiger partial charge in [0.2, 0.25) is 0 Å². The van der Waals surface area contributed by atoms with E-state index in [1.165, 1.54) is 26.1 Å². The lowest BCUT2D eigenvalue weighted by Gasteiger charge is -2.08. The standard InChI is InChI=1S/C7H15N2/c1-8-4-3-5-9(2)7-6-8/h4H,3,5-7H2,1-2H3/q+1. The van der Waals surface area contributed by atoms with E-state index in [9.17, 15) is 0 Å². The highest BCUT2D eigenvalue weighted by molar-refractivity contribution is 5.51. The van der Waals surface area contributed by atoms with Gasteiger partial charge in [0.15, 0.2) is 6.54 Å². The van der Waals surface area contributed by atoms with Gasteiger partial charge >= 0.3 is 0 Å². The Kier molecular flexibility index (Phi) is 2.22. The first-order chi connectivity index (χ1) is 4.29. The van der Waals surface area contributed by atoms with E-state index in [-0.39, 0.29) is 0 Å². The molecular weight excluding hydrogens is 112 g/mol. The summed E-state index contributed by atoms with van der Waals surface area (Å²) in [5.74, 6) is 0. The van der Waals surface area contributed by atoms with Crippen molar-refractivity contribution in [2.45, 2.75) is 6.42 Å². The van der Waals surface area contributed by atoms with Crippen molar-refractivity contribution in [3.63, 3.8) is 0 Å². The minimum atomic E-state index is 1.18. The molecule has 1 aliphatic rings. The van der Waals surface area contributed by atoms with Gasteiger partial charge in [0.25, 0.3) is 0 Å². The van der Waals surface area contributed by atoms with Crippen molar-refractivity contribution in [3.05, 3.63) is 0 Å². The monoisotopic (exact) mass is 127 g/mol. The largest absolute Gasteiger partial charge is 0.300 e. The molecule has 0 amide bonds. The summed E-state index contributed by atoms with van der Waals surface area (Å²) < 4.78 is 2.27. The Balaban J connectivity index is 2.39. The van der Waals surface area contributed by atoms with E-state index < -0.39 is 0 Å². The van der Waals surface area contributed by atoms with E-state index in [1.807, 2.05) is 0 Å². The molecule has 0 aliphatic carbocycles. The van der Waals surface area contributed by atoms with Gasteiger partial charge in [0, 0.05) is 13.0 Å². The molecule has 0 aromatic heterocycles. The maximum absolute atomic E-state index is 2.36. The van der Waals surface area contributed by atoms with Crippen LogP contribution < -0.4 is 0 Å². The molecule has 0 atom stereocenters. The second-order valence-electron chi connectivity index (χ2n) is 2.76. The first kappa shape index (κ1) is 6.75. The summed E-state index contributed by atoms with van der Waals surface area (Å²) in [4.78, 5) is 2.36. The SMILES string of the molecule is CN1CCC=[N+](C)CC1. The van der Waals surface area contributed by atoms with Crippen molar-refractivity contribution >= 4 is 6.21 Å². The van der Waals surface area contributed by atoms with Crippen LogP contribution in [-0.4, -0.2) is 49.4 Å². The van der Waals surface area contributed by atoms with Crippen molar-refractivity contribution < 1.29 is 4.58 Å². The molecule has 0 unspecified atom stereocenters. The first-order valence-corrected chi connectivity index (χ1v) is 3.51. The number of hydrogen-bond acceptors (Lipinski definition) is 1. The topological polar surface area (TPSA) is 6.25 Å². The molecule has 1 aliphatic heterocycles. The average Bonchev–Trinajstić information content (AvgIpc) is 1.97. The normalized spacial score (nSPS) is 23.1. The van der Waals surface area contributed by atoms with E-state index in [2.05, 4.69) is 29.8 Å². The van der Waals surface area contributed by atoms with Gasteiger partial charge in [0.1, 0.15) is 13.3 Å². The molecule has 0 saturated heterocycles. The molecule has 2 heteroatoms. The zero-order valence-electron chi connectivity index (χ0n) is 6.30. The predicted molar refractivity (Wildman–Crippen MR) is 39.2 cm³/mol. The van der Waals surface area contributed by atoms with Crippen LogP contribution in [0.1, 0.15) is 6.42 Å². The third-order valence-corrected chi connectivity index (χ3v) is 1.79. The molecule has 0 saturated carbocycles. The molecule has 9 heavy (non-hydrogen) atoms. The highest BCUT2D eigenvalue weighted by atomic mass is 15.1. The Morgan fingerprint density at radius 1 is 1.44 bits per heavy atom. The molecule has 0 aromatic rings. The summed E-state index contributed by atoms with van der Waals surface area (Å²) in [6.45, 7) is 3.59. The highest BCUT2D eigenvalue weighted by Crippen LogP contribution is 1.89. The van der Waals surface area contributed by atoms with E-state index in [0.29, 0.717) is 0 Å². The Bertz CT molecular complexity index is 118. The lowest BCUT2D eigenvalue weighted by atomic mass is 10.4. The van der Waals surface area contributed by atoms with Crippen molar-refractivity contribution in [1.29, 1.82) is 0 Å². The minimum Gasteiger partial charge on any atom is -0.300 e. The van der Waals surface area contributed by atoms with Crippen LogP contribution in [0.4, 0.5) is 0 Å². The van der Waals surface area contributed by atoms with Crippen LogP contribution in [0.3, 0.4) is 0 Å². The first-order valence-electron chi connectivity index (χ1n) is 3.51. The van der Waals surface area contributed by atoms with Crippen molar-refractivity contribution in [2.75, 3.05) is 33.7 Å². The Hall–Kier alpha value is -0.370. The van der Waals surface area contributed by atoms with Crippen LogP contribution in [0.2, 0.25) is 0 Å². The molecule has 0 aromatic carbocycles. The van der Waals surface area contributed by atoms with E-state index in [4.69, 9.17) is 0 Å². The van der Waals surface area contributed by atoms with Gasteiger partial charge in [-0.05, 0) is 7.05 Å². The van der Waals surface area contributed by atoms with Crippen molar-refractivity contribution in [2.24, 2.45) is 0 Å². The fourth-order valence-electron chi connectivity index (χ4n) is 1.03. The minimum absolute atomic E-state index is 1.18. The van der Waals surface area contributed by atoms with Crippen LogP contribution in [0.25, 0.3) is 0 Å². The van der Waals surface area contributed by atoms with Gasteiger partial charge in [-0.3, -0.25) is 4.90 Å².